The zero-order chi connectivity index (χ0) is 23.3. The van der Waals surface area contributed by atoms with Gasteiger partial charge in [-0.1, -0.05) is 0 Å². The fourth-order valence-electron chi connectivity index (χ4n) is 1.00. The molecule has 0 rings (SSSR count). The number of rotatable bonds is 4. The van der Waals surface area contributed by atoms with Crippen LogP contribution in [0.25, 0.3) is 0 Å². The fourth-order valence-corrected chi connectivity index (χ4v) is 9.00. The van der Waals surface area contributed by atoms with Crippen molar-refractivity contribution >= 4 is 31.7 Å². The van der Waals surface area contributed by atoms with Crippen LogP contribution in [-0.4, -0.2) is 63.6 Å². The van der Waals surface area contributed by atoms with E-state index in [0.29, 0.717) is 0 Å². The Morgan fingerprint density at radius 2 is 0.536 bits per heavy atom. The molecule has 0 aliphatic heterocycles. The van der Waals surface area contributed by atoms with Gasteiger partial charge in [0.25, 0.3) is 0 Å². The van der Waals surface area contributed by atoms with Gasteiger partial charge in [-0.15, -0.1) is 0 Å². The summed E-state index contributed by atoms with van der Waals surface area (Å²) in [6.45, 7) is 38.9. The molecule has 0 aromatic heterocycles. The molecule has 0 aliphatic carbocycles. The molecule has 0 aliphatic rings. The molecule has 4 nitrogen and oxygen atoms in total. The SMILES string of the molecule is C[PH+](C)C(C)(F)[PH+](C)C.C[PH+](C)C(C)(F)[PH+](C)C.[C-]#N.[C-]#N.[C-]#N.[C-]#N.[Pt].[Pt]. The monoisotopic (exact) mass is 834 g/mol. The van der Waals surface area contributed by atoms with E-state index in [-0.39, 0.29) is 42.1 Å². The first-order valence-electron chi connectivity index (χ1n) is 7.27. The van der Waals surface area contributed by atoms with E-state index in [1.165, 1.54) is 0 Å². The molecule has 0 N–H and O–H groups in total. The minimum atomic E-state index is -0.796. The molecule has 0 radical (unpaired) electrons. The van der Waals surface area contributed by atoms with E-state index in [0.717, 1.165) is 0 Å². The number of nitrogens with zero attached hydrogens (tertiary/aromatic N) is 4. The largest absolute Gasteiger partial charge is 0.512 e. The Bertz CT molecular complexity index is 320. The molecular formula is C16H34F2N4P4Pt2. The summed E-state index contributed by atoms with van der Waals surface area (Å²) in [6.07, 6.45) is 0. The van der Waals surface area contributed by atoms with Gasteiger partial charge < -0.3 is 47.3 Å². The van der Waals surface area contributed by atoms with Crippen LogP contribution in [0, 0.1) is 47.3 Å². The van der Waals surface area contributed by atoms with Gasteiger partial charge in [-0.05, 0) is 0 Å². The van der Waals surface area contributed by atoms with Crippen molar-refractivity contribution in [3.63, 3.8) is 0 Å². The zero-order valence-electron chi connectivity index (χ0n) is 18.2. The smallest absolute Gasteiger partial charge is 0.303 e. The number of hydrogen-bond acceptors (Lipinski definition) is 4. The molecule has 172 valence electrons. The van der Waals surface area contributed by atoms with Gasteiger partial charge in [0.15, 0.2) is 0 Å². The molecule has 0 saturated heterocycles. The normalized spacial score (nSPS) is 8.86. The first kappa shape index (κ1) is 51.5. The van der Waals surface area contributed by atoms with E-state index in [9.17, 15) is 8.78 Å². The Hall–Kier alpha value is 0.917. The summed E-state index contributed by atoms with van der Waals surface area (Å²) in [4.78, 5) is 0. The molecule has 0 aromatic carbocycles. The van der Waals surface area contributed by atoms with Gasteiger partial charge in [-0.25, -0.2) is 0 Å². The molecule has 12 heteroatoms. The number of halogens is 2. The number of hydrogen-bond donors (Lipinski definition) is 0. The molecule has 0 aromatic rings. The molecule has 0 spiro atoms. The van der Waals surface area contributed by atoms with E-state index in [1.807, 2.05) is 53.3 Å². The summed E-state index contributed by atoms with van der Waals surface area (Å²) in [5.41, 5.74) is 0. The van der Waals surface area contributed by atoms with Crippen molar-refractivity contribution in [2.24, 2.45) is 0 Å². The van der Waals surface area contributed by atoms with Crippen molar-refractivity contribution < 1.29 is 50.9 Å². The summed E-state index contributed by atoms with van der Waals surface area (Å²) >= 11 is 0. The topological polar surface area (TPSA) is 95.2 Å². The van der Waals surface area contributed by atoms with Gasteiger partial charge in [0.2, 0.25) is 0 Å². The van der Waals surface area contributed by atoms with Gasteiger partial charge in [0.05, 0.1) is 85.0 Å². The van der Waals surface area contributed by atoms with Crippen molar-refractivity contribution in [2.75, 3.05) is 53.3 Å². The Kier molecular flexibility index (Phi) is 59.9. The van der Waals surface area contributed by atoms with Crippen LogP contribution < -0.4 is 0 Å². The Labute approximate surface area is 206 Å². The third-order valence-electron chi connectivity index (χ3n) is 3.76. The molecule has 28 heavy (non-hydrogen) atoms. The van der Waals surface area contributed by atoms with Crippen LogP contribution in [0.4, 0.5) is 8.78 Å². The van der Waals surface area contributed by atoms with Crippen molar-refractivity contribution in [3.05, 3.63) is 26.3 Å². The number of alkyl halides is 2. The summed E-state index contributed by atoms with van der Waals surface area (Å²) < 4.78 is 26.9. The molecular weight excluding hydrogens is 800 g/mol. The average Bonchev–Trinajstić information content (AvgIpc) is 2.62. The first-order valence-corrected chi connectivity index (χ1v) is 17.3. The van der Waals surface area contributed by atoms with Gasteiger partial charge in [0.1, 0.15) is 0 Å². The average molecular weight is 835 g/mol. The maximum atomic E-state index is 13.4. The summed E-state index contributed by atoms with van der Waals surface area (Å²) in [5.74, 6) is 0. The minimum Gasteiger partial charge on any atom is -0.512 e. The molecule has 0 fully saturated rings. The van der Waals surface area contributed by atoms with Gasteiger partial charge in [0, 0.05) is 56.0 Å². The summed E-state index contributed by atoms with van der Waals surface area (Å²) in [6, 6.07) is 0. The van der Waals surface area contributed by atoms with Crippen molar-refractivity contribution in [1.82, 2.24) is 0 Å². The van der Waals surface area contributed by atoms with Crippen LogP contribution in [0.15, 0.2) is 0 Å². The first-order chi connectivity index (χ1) is 11.8. The fraction of sp³-hybridized carbons (Fsp3) is 0.750. The van der Waals surface area contributed by atoms with Crippen molar-refractivity contribution in [2.45, 2.75) is 24.1 Å². The Morgan fingerprint density at radius 3 is 0.536 bits per heavy atom. The quantitative estimate of drug-likeness (QED) is 0.275. The van der Waals surface area contributed by atoms with Gasteiger partial charge >= 0.3 is 10.3 Å². The maximum absolute atomic E-state index is 13.4. The summed E-state index contributed by atoms with van der Waals surface area (Å²) in [7, 11) is -2.93. The van der Waals surface area contributed by atoms with Crippen LogP contribution in [0.1, 0.15) is 13.8 Å². The maximum Gasteiger partial charge on any atom is 0.303 e. The van der Waals surface area contributed by atoms with Gasteiger partial charge in [-0.3, -0.25) is 0 Å². The summed E-state index contributed by atoms with van der Waals surface area (Å²) in [5, 5.41) is 23.4. The predicted molar refractivity (Wildman–Crippen MR) is 120 cm³/mol. The van der Waals surface area contributed by atoms with Crippen molar-refractivity contribution in [3.8, 4) is 0 Å². The van der Waals surface area contributed by atoms with E-state index in [2.05, 4.69) is 0 Å². The zero-order valence-corrected chi connectivity index (χ0v) is 26.7. The van der Waals surface area contributed by atoms with E-state index in [1.54, 1.807) is 13.8 Å². The second-order valence-corrected chi connectivity index (χ2v) is 18.8. The molecule has 0 atom stereocenters. The van der Waals surface area contributed by atoms with E-state index >= 15 is 0 Å². The molecule has 0 amide bonds. The molecule has 0 saturated carbocycles. The van der Waals surface area contributed by atoms with Gasteiger partial charge in [-0.2, -0.15) is 8.78 Å². The van der Waals surface area contributed by atoms with Crippen LogP contribution >= 0.6 is 31.7 Å². The Morgan fingerprint density at radius 1 is 0.464 bits per heavy atom. The van der Waals surface area contributed by atoms with Crippen LogP contribution in [0.3, 0.4) is 0 Å². The van der Waals surface area contributed by atoms with Crippen LogP contribution in [0.2, 0.25) is 0 Å². The van der Waals surface area contributed by atoms with E-state index < -0.39 is 42.0 Å². The van der Waals surface area contributed by atoms with Crippen molar-refractivity contribution in [1.29, 1.82) is 21.0 Å². The standard InChI is InChI=1S/2C6H15FP2.4CN.2Pt/c2*1-6(7,8(2)3)9(4)5;4*1-2;;/h2*1-5H3;;;;;;/q;;4*-1;;/p+4. The molecule has 0 heterocycles. The molecule has 0 unspecified atom stereocenters. The second-order valence-electron chi connectivity index (χ2n) is 6.01. The predicted octanol–water partition coefficient (Wildman–Crippen LogP) is 5.53. The minimum absolute atomic E-state index is 0. The third-order valence-corrected chi connectivity index (χ3v) is 17.3. The Balaban J connectivity index is -0.0000000332. The second kappa shape index (κ2) is 32.6. The third kappa shape index (κ3) is 29.1. The van der Waals surface area contributed by atoms with Crippen LogP contribution in [0.5, 0.6) is 0 Å². The molecule has 0 bridgehead atoms. The van der Waals surface area contributed by atoms with Crippen LogP contribution in [-0.2, 0) is 42.1 Å². The van der Waals surface area contributed by atoms with E-state index in [4.69, 9.17) is 47.3 Å².